The summed E-state index contributed by atoms with van der Waals surface area (Å²) in [6.45, 7) is 0.869. The minimum atomic E-state index is -0.597. The van der Waals surface area contributed by atoms with E-state index in [2.05, 4.69) is 17.1 Å². The molecular formula is C18H21NO2. The van der Waals surface area contributed by atoms with Gasteiger partial charge in [0, 0.05) is 29.6 Å². The average Bonchev–Trinajstić information content (AvgIpc) is 2.91. The second kappa shape index (κ2) is 5.00. The van der Waals surface area contributed by atoms with Crippen molar-refractivity contribution in [2.45, 2.75) is 31.6 Å². The molecule has 3 aliphatic rings. The number of rotatable bonds is 2. The third-order valence-electron chi connectivity index (χ3n) is 5.20. The van der Waals surface area contributed by atoms with E-state index >= 15 is 0 Å². The van der Waals surface area contributed by atoms with Crippen molar-refractivity contribution in [1.29, 1.82) is 0 Å². The monoisotopic (exact) mass is 283 g/mol. The van der Waals surface area contributed by atoms with Crippen LogP contribution in [-0.2, 0) is 0 Å². The maximum absolute atomic E-state index is 10.7. The number of hydrogen-bond acceptors (Lipinski definition) is 3. The van der Waals surface area contributed by atoms with Crippen LogP contribution >= 0.6 is 0 Å². The van der Waals surface area contributed by atoms with Gasteiger partial charge < -0.3 is 15.1 Å². The van der Waals surface area contributed by atoms with E-state index in [1.165, 1.54) is 5.57 Å². The smallest absolute Gasteiger partial charge is 0.153 e. The Morgan fingerprint density at radius 2 is 1.95 bits per heavy atom. The summed E-state index contributed by atoms with van der Waals surface area (Å²) in [5, 5.41) is 21.0. The molecular weight excluding hydrogens is 262 g/mol. The van der Waals surface area contributed by atoms with Crippen LogP contribution in [0.25, 0.3) is 0 Å². The first-order chi connectivity index (χ1) is 10.3. The fourth-order valence-corrected chi connectivity index (χ4v) is 4.17. The predicted molar refractivity (Wildman–Crippen MR) is 81.1 cm³/mol. The molecule has 110 valence electrons. The Labute approximate surface area is 125 Å². The number of allylic oxidation sites excluding steroid dienone is 2. The Kier molecular flexibility index (Phi) is 3.12. The zero-order valence-electron chi connectivity index (χ0n) is 12.0. The molecule has 3 heteroatoms. The van der Waals surface area contributed by atoms with Gasteiger partial charge in [-0.05, 0) is 30.9 Å². The third-order valence-corrected chi connectivity index (χ3v) is 5.20. The number of aliphatic hydroxyl groups excluding tert-OH is 2. The highest BCUT2D eigenvalue weighted by Gasteiger charge is 2.43. The molecule has 1 saturated carbocycles. The standard InChI is InChI=1S/C18H21NO2/c20-16-10-9-13-11-19(15-8-4-7-14(16)17(13)15)18(21)12-5-2-1-3-6-12/h1-6,8,13-14,16,18,20-21H,7,9-11H2. The molecule has 4 atom stereocenters. The molecule has 1 aromatic rings. The summed E-state index contributed by atoms with van der Waals surface area (Å²) in [5.74, 6) is 0.758. The largest absolute Gasteiger partial charge is 0.392 e. The Morgan fingerprint density at radius 3 is 2.76 bits per heavy atom. The first-order valence-corrected chi connectivity index (χ1v) is 7.84. The van der Waals surface area contributed by atoms with Crippen molar-refractivity contribution < 1.29 is 10.2 Å². The van der Waals surface area contributed by atoms with E-state index < -0.39 is 6.23 Å². The van der Waals surface area contributed by atoms with E-state index in [-0.39, 0.29) is 12.0 Å². The quantitative estimate of drug-likeness (QED) is 0.877. The van der Waals surface area contributed by atoms with E-state index in [0.29, 0.717) is 5.92 Å². The van der Waals surface area contributed by atoms with Crippen LogP contribution in [0.1, 0.15) is 31.1 Å². The summed E-state index contributed by atoms with van der Waals surface area (Å²) in [4.78, 5) is 2.11. The van der Waals surface area contributed by atoms with Gasteiger partial charge in [0.25, 0.3) is 0 Å². The normalized spacial score (nSPS) is 32.3. The van der Waals surface area contributed by atoms with Crippen molar-refractivity contribution in [1.82, 2.24) is 4.90 Å². The van der Waals surface area contributed by atoms with E-state index in [1.54, 1.807) is 0 Å². The Bertz CT molecular complexity index is 592. The maximum atomic E-state index is 10.7. The highest BCUT2D eigenvalue weighted by atomic mass is 16.3. The van der Waals surface area contributed by atoms with Gasteiger partial charge in [-0.15, -0.1) is 0 Å². The molecule has 1 heterocycles. The SMILES string of the molecule is OC1CCC2CN(C(O)c3ccccc3)C3=C2C1CC=C3. The van der Waals surface area contributed by atoms with Gasteiger partial charge in [-0.25, -0.2) is 0 Å². The van der Waals surface area contributed by atoms with Gasteiger partial charge in [-0.3, -0.25) is 0 Å². The van der Waals surface area contributed by atoms with Crippen molar-refractivity contribution >= 4 is 0 Å². The van der Waals surface area contributed by atoms with E-state index in [1.807, 2.05) is 30.3 Å². The second-order valence-electron chi connectivity index (χ2n) is 6.36. The van der Waals surface area contributed by atoms with E-state index in [4.69, 9.17) is 0 Å². The van der Waals surface area contributed by atoms with Crippen LogP contribution in [0.3, 0.4) is 0 Å². The highest BCUT2D eigenvalue weighted by molar-refractivity contribution is 5.39. The average molecular weight is 283 g/mol. The molecule has 4 rings (SSSR count). The Hall–Kier alpha value is -1.58. The van der Waals surface area contributed by atoms with Crippen molar-refractivity contribution in [2.24, 2.45) is 11.8 Å². The molecule has 4 unspecified atom stereocenters. The van der Waals surface area contributed by atoms with Gasteiger partial charge in [0.05, 0.1) is 6.10 Å². The topological polar surface area (TPSA) is 43.7 Å². The molecule has 0 bridgehead atoms. The summed E-state index contributed by atoms with van der Waals surface area (Å²) in [5.41, 5.74) is 3.46. The van der Waals surface area contributed by atoms with Crippen molar-refractivity contribution in [2.75, 3.05) is 6.54 Å². The van der Waals surface area contributed by atoms with Crippen molar-refractivity contribution in [3.8, 4) is 0 Å². The van der Waals surface area contributed by atoms with E-state index in [0.717, 1.165) is 37.1 Å². The molecule has 0 amide bonds. The molecule has 0 saturated heterocycles. The van der Waals surface area contributed by atoms with Gasteiger partial charge in [0.1, 0.15) is 0 Å². The van der Waals surface area contributed by atoms with Gasteiger partial charge in [-0.1, -0.05) is 36.4 Å². The van der Waals surface area contributed by atoms with Gasteiger partial charge in [0.15, 0.2) is 6.23 Å². The van der Waals surface area contributed by atoms with Gasteiger partial charge in [0.2, 0.25) is 0 Å². The summed E-state index contributed by atoms with van der Waals surface area (Å²) in [7, 11) is 0. The molecule has 2 aliphatic carbocycles. The third kappa shape index (κ3) is 2.03. The molecule has 0 radical (unpaired) electrons. The summed E-state index contributed by atoms with van der Waals surface area (Å²) >= 11 is 0. The zero-order chi connectivity index (χ0) is 14.4. The van der Waals surface area contributed by atoms with Gasteiger partial charge in [-0.2, -0.15) is 0 Å². The van der Waals surface area contributed by atoms with Crippen LogP contribution in [-0.4, -0.2) is 27.8 Å². The first kappa shape index (κ1) is 13.1. The van der Waals surface area contributed by atoms with E-state index in [9.17, 15) is 10.2 Å². The number of benzene rings is 1. The lowest BCUT2D eigenvalue weighted by Crippen LogP contribution is -2.32. The summed E-state index contributed by atoms with van der Waals surface area (Å²) in [6.07, 6.45) is 6.31. The summed E-state index contributed by atoms with van der Waals surface area (Å²) in [6, 6.07) is 9.83. The van der Waals surface area contributed by atoms with Crippen LogP contribution in [0.2, 0.25) is 0 Å². The molecule has 3 nitrogen and oxygen atoms in total. The lowest BCUT2D eigenvalue weighted by Gasteiger charge is -2.34. The van der Waals surface area contributed by atoms with Gasteiger partial charge >= 0.3 is 0 Å². The molecule has 21 heavy (non-hydrogen) atoms. The Balaban J connectivity index is 1.70. The molecule has 0 aromatic heterocycles. The van der Waals surface area contributed by atoms with Crippen molar-refractivity contribution in [3.05, 3.63) is 59.3 Å². The highest BCUT2D eigenvalue weighted by Crippen LogP contribution is 2.48. The van der Waals surface area contributed by atoms with Crippen LogP contribution in [0, 0.1) is 11.8 Å². The second-order valence-corrected chi connectivity index (χ2v) is 6.36. The molecule has 1 fully saturated rings. The zero-order valence-corrected chi connectivity index (χ0v) is 12.0. The number of nitrogens with zero attached hydrogens (tertiary/aromatic N) is 1. The minimum Gasteiger partial charge on any atom is -0.392 e. The molecule has 1 aliphatic heterocycles. The molecule has 2 N–H and O–H groups in total. The first-order valence-electron chi connectivity index (χ1n) is 7.84. The fraction of sp³-hybridized carbons (Fsp3) is 0.444. The van der Waals surface area contributed by atoms with Crippen molar-refractivity contribution in [3.63, 3.8) is 0 Å². The predicted octanol–water partition coefficient (Wildman–Crippen LogP) is 2.59. The molecule has 0 spiro atoms. The molecule has 1 aromatic carbocycles. The van der Waals surface area contributed by atoms with Crippen LogP contribution in [0.4, 0.5) is 0 Å². The van der Waals surface area contributed by atoms with Crippen LogP contribution in [0.5, 0.6) is 0 Å². The maximum Gasteiger partial charge on any atom is 0.153 e. The fourth-order valence-electron chi connectivity index (χ4n) is 4.17. The Morgan fingerprint density at radius 1 is 1.14 bits per heavy atom. The minimum absolute atomic E-state index is 0.218. The van der Waals surface area contributed by atoms with Crippen LogP contribution < -0.4 is 0 Å². The lowest BCUT2D eigenvalue weighted by molar-refractivity contribution is 0.0298. The lowest BCUT2D eigenvalue weighted by atomic mass is 9.73. The summed E-state index contributed by atoms with van der Waals surface area (Å²) < 4.78 is 0. The van der Waals surface area contributed by atoms with Crippen LogP contribution in [0.15, 0.2) is 53.8 Å². The number of hydrogen-bond donors (Lipinski definition) is 2. The number of aliphatic hydroxyl groups is 2.